The quantitative estimate of drug-likeness (QED) is 0.716. The average Bonchev–Trinajstić information content (AvgIpc) is 2.97. The van der Waals surface area contributed by atoms with Gasteiger partial charge in [0, 0.05) is 11.6 Å². The number of para-hydroxylation sites is 1. The summed E-state index contributed by atoms with van der Waals surface area (Å²) in [4.78, 5) is 11.8. The summed E-state index contributed by atoms with van der Waals surface area (Å²) in [5.41, 5.74) is -0.374. The van der Waals surface area contributed by atoms with Crippen molar-refractivity contribution in [2.45, 2.75) is 6.18 Å². The van der Waals surface area contributed by atoms with Gasteiger partial charge in [-0.2, -0.15) is 13.2 Å². The van der Waals surface area contributed by atoms with Crippen LogP contribution in [0.25, 0.3) is 16.6 Å². The zero-order valence-electron chi connectivity index (χ0n) is 12.5. The van der Waals surface area contributed by atoms with E-state index in [9.17, 15) is 23.1 Å². The number of aromatic hydroxyl groups is 1. The van der Waals surface area contributed by atoms with Gasteiger partial charge in [-0.25, -0.2) is 4.79 Å². The first-order chi connectivity index (χ1) is 11.3. The fourth-order valence-corrected chi connectivity index (χ4v) is 2.62. The van der Waals surface area contributed by atoms with Crippen LogP contribution in [0.3, 0.4) is 0 Å². The first-order valence-electron chi connectivity index (χ1n) is 6.92. The van der Waals surface area contributed by atoms with Crippen LogP contribution in [0.2, 0.25) is 0 Å². The van der Waals surface area contributed by atoms with Crippen molar-refractivity contribution >= 4 is 16.9 Å². The highest BCUT2D eigenvalue weighted by atomic mass is 19.4. The zero-order valence-corrected chi connectivity index (χ0v) is 12.5. The number of fused-ring (bicyclic) bond motifs is 1. The molecule has 0 aliphatic heterocycles. The second-order valence-corrected chi connectivity index (χ2v) is 5.09. The lowest BCUT2D eigenvalue weighted by Crippen LogP contribution is -2.07. The van der Waals surface area contributed by atoms with Crippen LogP contribution < -0.4 is 0 Å². The summed E-state index contributed by atoms with van der Waals surface area (Å²) in [6.07, 6.45) is -3.17. The number of methoxy groups -OCH3 is 1. The van der Waals surface area contributed by atoms with Crippen LogP contribution in [0.15, 0.2) is 48.7 Å². The second kappa shape index (κ2) is 5.59. The van der Waals surface area contributed by atoms with E-state index in [-0.39, 0.29) is 5.69 Å². The summed E-state index contributed by atoms with van der Waals surface area (Å²) in [5.74, 6) is -1.42. The number of phenolic OH excluding ortho intramolecular Hbond substituents is 1. The predicted octanol–water partition coefficient (Wildman–Crippen LogP) is 4.14. The highest BCUT2D eigenvalue weighted by Crippen LogP contribution is 2.39. The Morgan fingerprint density at radius 2 is 1.83 bits per heavy atom. The monoisotopic (exact) mass is 335 g/mol. The van der Waals surface area contributed by atoms with Gasteiger partial charge in [0.2, 0.25) is 0 Å². The van der Waals surface area contributed by atoms with Crippen LogP contribution in [0.5, 0.6) is 5.75 Å². The maximum Gasteiger partial charge on any atom is 0.420 e. The summed E-state index contributed by atoms with van der Waals surface area (Å²) in [7, 11) is 1.25. The Morgan fingerprint density at radius 3 is 2.50 bits per heavy atom. The molecule has 0 saturated carbocycles. The summed E-state index contributed by atoms with van der Waals surface area (Å²) in [6, 6.07) is 9.77. The van der Waals surface area contributed by atoms with Crippen molar-refractivity contribution in [3.63, 3.8) is 0 Å². The summed E-state index contributed by atoms with van der Waals surface area (Å²) in [6.45, 7) is 0. The number of alkyl halides is 3. The van der Waals surface area contributed by atoms with E-state index in [0.29, 0.717) is 16.5 Å². The first-order valence-corrected chi connectivity index (χ1v) is 6.92. The van der Waals surface area contributed by atoms with Crippen molar-refractivity contribution in [1.29, 1.82) is 0 Å². The number of phenols is 1. The number of nitrogens with zero attached hydrogens (tertiary/aromatic N) is 1. The topological polar surface area (TPSA) is 51.5 Å². The Kier molecular flexibility index (Phi) is 3.71. The van der Waals surface area contributed by atoms with Gasteiger partial charge in [-0.05, 0) is 30.3 Å². The minimum absolute atomic E-state index is 0.0261. The number of ether oxygens (including phenoxy) is 1. The Hall–Kier alpha value is -2.96. The molecule has 0 spiro atoms. The molecule has 0 unspecified atom stereocenters. The molecule has 0 atom stereocenters. The van der Waals surface area contributed by atoms with Gasteiger partial charge < -0.3 is 14.4 Å². The molecule has 0 fully saturated rings. The first kappa shape index (κ1) is 15.9. The van der Waals surface area contributed by atoms with Crippen LogP contribution in [-0.2, 0) is 10.9 Å². The van der Waals surface area contributed by atoms with Gasteiger partial charge in [0.1, 0.15) is 0 Å². The maximum atomic E-state index is 13.0. The third-order valence-electron chi connectivity index (χ3n) is 3.72. The Morgan fingerprint density at radius 1 is 1.12 bits per heavy atom. The normalized spacial score (nSPS) is 11.7. The molecule has 7 heteroatoms. The molecule has 1 aromatic heterocycles. The van der Waals surface area contributed by atoms with Crippen molar-refractivity contribution in [2.75, 3.05) is 7.11 Å². The third-order valence-corrected chi connectivity index (χ3v) is 3.72. The molecule has 0 saturated heterocycles. The van der Waals surface area contributed by atoms with Crippen LogP contribution in [-0.4, -0.2) is 22.8 Å². The molecule has 0 amide bonds. The van der Waals surface area contributed by atoms with Gasteiger partial charge in [-0.1, -0.05) is 12.1 Å². The second-order valence-electron chi connectivity index (χ2n) is 5.09. The number of esters is 1. The molecule has 3 aromatic rings. The van der Waals surface area contributed by atoms with Gasteiger partial charge in [-0.15, -0.1) is 0 Å². The molecule has 2 aromatic carbocycles. The zero-order chi connectivity index (χ0) is 17.5. The predicted molar refractivity (Wildman–Crippen MR) is 81.3 cm³/mol. The minimum Gasteiger partial charge on any atom is -0.505 e. The highest BCUT2D eigenvalue weighted by Gasteiger charge is 2.35. The number of rotatable bonds is 2. The van der Waals surface area contributed by atoms with Gasteiger partial charge in [0.25, 0.3) is 0 Å². The minimum atomic E-state index is -4.67. The van der Waals surface area contributed by atoms with Crippen molar-refractivity contribution in [1.82, 2.24) is 4.57 Å². The molecule has 3 rings (SSSR count). The molecular formula is C17H12F3NO3. The molecule has 1 heterocycles. The lowest BCUT2D eigenvalue weighted by Gasteiger charge is -2.14. The molecule has 124 valence electrons. The Balaban J connectivity index is 2.24. The molecule has 0 bridgehead atoms. The number of carbonyl (C=O) groups is 1. The van der Waals surface area contributed by atoms with E-state index in [1.165, 1.54) is 30.0 Å². The molecule has 0 aliphatic rings. The van der Waals surface area contributed by atoms with E-state index in [2.05, 4.69) is 0 Å². The smallest absolute Gasteiger partial charge is 0.420 e. The van der Waals surface area contributed by atoms with Crippen molar-refractivity contribution in [3.05, 3.63) is 59.8 Å². The number of aromatic nitrogens is 1. The average molecular weight is 335 g/mol. The van der Waals surface area contributed by atoms with Crippen LogP contribution >= 0.6 is 0 Å². The third kappa shape index (κ3) is 2.47. The van der Waals surface area contributed by atoms with Gasteiger partial charge >= 0.3 is 12.1 Å². The van der Waals surface area contributed by atoms with E-state index >= 15 is 0 Å². The number of hydrogen-bond donors (Lipinski definition) is 1. The van der Waals surface area contributed by atoms with Crippen molar-refractivity contribution < 1.29 is 27.8 Å². The van der Waals surface area contributed by atoms with E-state index in [0.717, 1.165) is 6.07 Å². The van der Waals surface area contributed by atoms with Crippen molar-refractivity contribution in [3.8, 4) is 11.4 Å². The number of carbonyl (C=O) groups excluding carboxylic acids is 1. The molecule has 0 radical (unpaired) electrons. The molecule has 0 aliphatic carbocycles. The fourth-order valence-electron chi connectivity index (χ4n) is 2.62. The lowest BCUT2D eigenvalue weighted by molar-refractivity contribution is -0.138. The maximum absolute atomic E-state index is 13.0. The summed E-state index contributed by atoms with van der Waals surface area (Å²) >= 11 is 0. The van der Waals surface area contributed by atoms with Gasteiger partial charge in [0.15, 0.2) is 5.75 Å². The van der Waals surface area contributed by atoms with Crippen molar-refractivity contribution in [2.24, 2.45) is 0 Å². The van der Waals surface area contributed by atoms with E-state index in [4.69, 9.17) is 4.74 Å². The lowest BCUT2D eigenvalue weighted by atomic mass is 10.1. The van der Waals surface area contributed by atoms with Crippen LogP contribution in [0, 0.1) is 0 Å². The molecule has 1 N–H and O–H groups in total. The van der Waals surface area contributed by atoms with E-state index in [1.54, 1.807) is 24.3 Å². The van der Waals surface area contributed by atoms with Gasteiger partial charge in [0.05, 0.1) is 29.4 Å². The standard InChI is InChI=1S/C17H12F3NO3/c1-24-16(23)11-4-2-6-13-10(11)8-9-21(13)14-7-3-5-12(15(14)22)17(18,19)20/h2-9,22H,1H3. The van der Waals surface area contributed by atoms with E-state index in [1.807, 2.05) is 0 Å². The van der Waals surface area contributed by atoms with Gasteiger partial charge in [-0.3, -0.25) is 0 Å². The Labute approximate surface area is 134 Å². The summed E-state index contributed by atoms with van der Waals surface area (Å²) < 4.78 is 45.0. The molecular weight excluding hydrogens is 323 g/mol. The number of benzene rings is 2. The number of halogens is 3. The summed E-state index contributed by atoms with van der Waals surface area (Å²) in [5, 5.41) is 10.6. The van der Waals surface area contributed by atoms with Crippen LogP contribution in [0.4, 0.5) is 13.2 Å². The van der Waals surface area contributed by atoms with Crippen LogP contribution in [0.1, 0.15) is 15.9 Å². The highest BCUT2D eigenvalue weighted by molar-refractivity contribution is 6.04. The largest absolute Gasteiger partial charge is 0.505 e. The SMILES string of the molecule is COC(=O)c1cccc2c1ccn2-c1cccc(C(F)(F)F)c1O. The van der Waals surface area contributed by atoms with E-state index < -0.39 is 23.5 Å². The fraction of sp³-hybridized carbons (Fsp3) is 0.118. The number of hydrogen-bond acceptors (Lipinski definition) is 3. The Bertz CT molecular complexity index is 928. The molecule has 4 nitrogen and oxygen atoms in total. The molecule has 24 heavy (non-hydrogen) atoms.